The van der Waals surface area contributed by atoms with Gasteiger partial charge in [-0.2, -0.15) is 4.73 Å². The highest BCUT2D eigenvalue weighted by molar-refractivity contribution is 8.00. The highest BCUT2D eigenvalue weighted by Gasteiger charge is 2.18. The molecule has 4 nitrogen and oxygen atoms in total. The van der Waals surface area contributed by atoms with Crippen LogP contribution in [0.3, 0.4) is 0 Å². The third-order valence-electron chi connectivity index (χ3n) is 2.50. The van der Waals surface area contributed by atoms with Crippen LogP contribution in [0.2, 0.25) is 0 Å². The van der Waals surface area contributed by atoms with E-state index in [2.05, 4.69) is 5.32 Å². The van der Waals surface area contributed by atoms with Crippen molar-refractivity contribution in [3.63, 3.8) is 0 Å². The Kier molecular flexibility index (Phi) is 4.41. The van der Waals surface area contributed by atoms with E-state index < -0.39 is 0 Å². The standard InChI is InChI=1S/C14H14N2O2S/c1-11(19-13-9-5-6-10-16(13)18)14(17)15-12-7-3-2-4-8-12/h2-11H,1H3,(H,15,17)/t11-/m0/s1. The van der Waals surface area contributed by atoms with Gasteiger partial charge in [0.05, 0.1) is 5.25 Å². The molecule has 1 amide bonds. The molecule has 2 rings (SSSR count). The van der Waals surface area contributed by atoms with Crippen molar-refractivity contribution in [3.05, 3.63) is 59.9 Å². The molecular weight excluding hydrogens is 260 g/mol. The summed E-state index contributed by atoms with van der Waals surface area (Å²) in [6, 6.07) is 14.4. The van der Waals surface area contributed by atoms with E-state index in [-0.39, 0.29) is 11.2 Å². The lowest BCUT2D eigenvalue weighted by Crippen LogP contribution is -2.30. The lowest BCUT2D eigenvalue weighted by Gasteiger charge is -2.11. The summed E-state index contributed by atoms with van der Waals surface area (Å²) < 4.78 is 0.761. The van der Waals surface area contributed by atoms with Crippen LogP contribution >= 0.6 is 11.8 Å². The molecule has 0 saturated carbocycles. The van der Waals surface area contributed by atoms with E-state index in [4.69, 9.17) is 0 Å². The van der Waals surface area contributed by atoms with Crippen LogP contribution in [0.4, 0.5) is 5.69 Å². The predicted octanol–water partition coefficient (Wildman–Crippen LogP) is 2.44. The van der Waals surface area contributed by atoms with Crippen molar-refractivity contribution in [2.45, 2.75) is 17.2 Å². The van der Waals surface area contributed by atoms with Gasteiger partial charge in [0, 0.05) is 17.8 Å². The molecule has 0 aliphatic carbocycles. The van der Waals surface area contributed by atoms with Crippen molar-refractivity contribution >= 4 is 23.4 Å². The van der Waals surface area contributed by atoms with Gasteiger partial charge in [0.15, 0.2) is 6.20 Å². The number of pyridine rings is 1. The Bertz CT molecular complexity index is 560. The number of amides is 1. The number of benzene rings is 1. The summed E-state index contributed by atoms with van der Waals surface area (Å²) in [7, 11) is 0. The average Bonchev–Trinajstić information content (AvgIpc) is 2.42. The number of nitrogens with zero attached hydrogens (tertiary/aromatic N) is 1. The molecule has 1 aromatic heterocycles. The second-order valence-electron chi connectivity index (χ2n) is 3.98. The molecule has 0 bridgehead atoms. The first-order chi connectivity index (χ1) is 9.16. The van der Waals surface area contributed by atoms with Crippen LogP contribution in [-0.2, 0) is 4.79 Å². The van der Waals surface area contributed by atoms with Crippen molar-refractivity contribution < 1.29 is 9.52 Å². The minimum Gasteiger partial charge on any atom is -0.618 e. The average molecular weight is 274 g/mol. The smallest absolute Gasteiger partial charge is 0.252 e. The van der Waals surface area contributed by atoms with Crippen molar-refractivity contribution in [1.82, 2.24) is 0 Å². The lowest BCUT2D eigenvalue weighted by atomic mass is 10.3. The molecule has 19 heavy (non-hydrogen) atoms. The Morgan fingerprint density at radius 2 is 1.89 bits per heavy atom. The Morgan fingerprint density at radius 1 is 1.21 bits per heavy atom. The van der Waals surface area contributed by atoms with Gasteiger partial charge >= 0.3 is 0 Å². The van der Waals surface area contributed by atoms with E-state index in [1.807, 2.05) is 30.3 Å². The maximum atomic E-state index is 12.0. The number of hydrogen-bond acceptors (Lipinski definition) is 3. The van der Waals surface area contributed by atoms with Crippen molar-refractivity contribution in [3.8, 4) is 0 Å². The monoisotopic (exact) mass is 274 g/mol. The second-order valence-corrected chi connectivity index (χ2v) is 5.34. The van der Waals surface area contributed by atoms with Crippen LogP contribution in [0.25, 0.3) is 0 Å². The summed E-state index contributed by atoms with van der Waals surface area (Å²) in [4.78, 5) is 12.0. The van der Waals surface area contributed by atoms with Gasteiger partial charge in [0.2, 0.25) is 5.91 Å². The third kappa shape index (κ3) is 3.72. The van der Waals surface area contributed by atoms with E-state index in [1.54, 1.807) is 25.1 Å². The van der Waals surface area contributed by atoms with Gasteiger partial charge < -0.3 is 10.5 Å². The molecule has 5 heteroatoms. The third-order valence-corrected chi connectivity index (χ3v) is 3.62. The van der Waals surface area contributed by atoms with Gasteiger partial charge in [0.25, 0.3) is 5.03 Å². The maximum absolute atomic E-state index is 12.0. The molecule has 0 aliphatic rings. The van der Waals surface area contributed by atoms with Crippen LogP contribution in [-0.4, -0.2) is 11.2 Å². The quantitative estimate of drug-likeness (QED) is 0.529. The zero-order chi connectivity index (χ0) is 13.7. The molecule has 0 fully saturated rings. The molecule has 98 valence electrons. The summed E-state index contributed by atoms with van der Waals surface area (Å²) in [5.41, 5.74) is 0.753. The van der Waals surface area contributed by atoms with E-state index in [1.165, 1.54) is 18.0 Å². The van der Waals surface area contributed by atoms with E-state index in [9.17, 15) is 10.0 Å². The molecule has 0 saturated heterocycles. The number of carbonyl (C=O) groups excluding carboxylic acids is 1. The molecule has 1 atom stereocenters. The molecular formula is C14H14N2O2S. The number of aromatic nitrogens is 1. The van der Waals surface area contributed by atoms with Crippen LogP contribution in [0.5, 0.6) is 0 Å². The topological polar surface area (TPSA) is 56.0 Å². The first-order valence-corrected chi connectivity index (χ1v) is 6.75. The Morgan fingerprint density at radius 3 is 2.58 bits per heavy atom. The zero-order valence-corrected chi connectivity index (χ0v) is 11.3. The lowest BCUT2D eigenvalue weighted by molar-refractivity contribution is -0.645. The minimum atomic E-state index is -0.345. The highest BCUT2D eigenvalue weighted by Crippen LogP contribution is 2.20. The minimum absolute atomic E-state index is 0.125. The molecule has 2 aromatic rings. The Balaban J connectivity index is 1.98. The normalized spacial score (nSPS) is 11.8. The van der Waals surface area contributed by atoms with Crippen LogP contribution in [0.15, 0.2) is 59.8 Å². The fourth-order valence-corrected chi connectivity index (χ4v) is 2.35. The van der Waals surface area contributed by atoms with Gasteiger partial charge in [-0.15, -0.1) is 0 Å². The summed E-state index contributed by atoms with van der Waals surface area (Å²) >= 11 is 1.24. The predicted molar refractivity (Wildman–Crippen MR) is 75.8 cm³/mol. The van der Waals surface area contributed by atoms with E-state index in [0.717, 1.165) is 10.4 Å². The van der Waals surface area contributed by atoms with Gasteiger partial charge in [-0.1, -0.05) is 18.2 Å². The number of thioether (sulfide) groups is 1. The summed E-state index contributed by atoms with van der Waals surface area (Å²) in [6.07, 6.45) is 1.42. The van der Waals surface area contributed by atoms with Gasteiger partial charge in [-0.05, 0) is 36.9 Å². The molecule has 0 spiro atoms. The number of hydrogen-bond donors (Lipinski definition) is 1. The zero-order valence-electron chi connectivity index (χ0n) is 10.4. The summed E-state index contributed by atoms with van der Waals surface area (Å²) in [5, 5.41) is 14.5. The van der Waals surface area contributed by atoms with E-state index >= 15 is 0 Å². The molecule has 0 unspecified atom stereocenters. The van der Waals surface area contributed by atoms with Crippen LogP contribution < -0.4 is 10.0 Å². The summed E-state index contributed by atoms with van der Waals surface area (Å²) in [5.74, 6) is -0.125. The number of nitrogens with one attached hydrogen (secondary N) is 1. The fraction of sp³-hybridized carbons (Fsp3) is 0.143. The van der Waals surface area contributed by atoms with Gasteiger partial charge in [-0.3, -0.25) is 4.79 Å². The molecule has 1 heterocycles. The Labute approximate surface area is 116 Å². The molecule has 1 aromatic carbocycles. The van der Waals surface area contributed by atoms with Crippen molar-refractivity contribution in [1.29, 1.82) is 0 Å². The number of rotatable bonds is 4. The largest absolute Gasteiger partial charge is 0.618 e. The van der Waals surface area contributed by atoms with Gasteiger partial charge in [-0.25, -0.2) is 0 Å². The first-order valence-electron chi connectivity index (χ1n) is 5.87. The van der Waals surface area contributed by atoms with Crippen LogP contribution in [0, 0.1) is 5.21 Å². The van der Waals surface area contributed by atoms with Crippen LogP contribution in [0.1, 0.15) is 6.92 Å². The SMILES string of the molecule is C[C@H](Sc1cccc[n+]1[O-])C(=O)Nc1ccccc1. The fourth-order valence-electron chi connectivity index (χ4n) is 1.50. The molecule has 0 radical (unpaired) electrons. The first kappa shape index (κ1) is 13.4. The molecule has 0 aliphatic heterocycles. The maximum Gasteiger partial charge on any atom is 0.252 e. The van der Waals surface area contributed by atoms with Crippen molar-refractivity contribution in [2.24, 2.45) is 0 Å². The number of carbonyl (C=O) groups is 1. The van der Waals surface area contributed by atoms with Gasteiger partial charge in [0.1, 0.15) is 0 Å². The summed E-state index contributed by atoms with van der Waals surface area (Å²) in [6.45, 7) is 1.77. The molecule has 1 N–H and O–H groups in total. The number of anilines is 1. The Hall–Kier alpha value is -2.01. The highest BCUT2D eigenvalue weighted by atomic mass is 32.2. The van der Waals surface area contributed by atoms with E-state index in [0.29, 0.717) is 5.03 Å². The van der Waals surface area contributed by atoms with Crippen molar-refractivity contribution in [2.75, 3.05) is 5.32 Å². The number of para-hydroxylation sites is 1. The second kappa shape index (κ2) is 6.24.